The number of amides is 1. The number of aromatic hydroxyl groups is 1. The summed E-state index contributed by atoms with van der Waals surface area (Å²) >= 11 is 4.92. The summed E-state index contributed by atoms with van der Waals surface area (Å²) in [5.41, 5.74) is 0.929. The van der Waals surface area contributed by atoms with Crippen molar-refractivity contribution in [2.24, 2.45) is 5.92 Å². The molecule has 3 N–H and O–H groups in total. The molecule has 0 unspecified atom stereocenters. The van der Waals surface area contributed by atoms with Crippen LogP contribution < -0.4 is 5.32 Å². The van der Waals surface area contributed by atoms with Crippen molar-refractivity contribution in [1.82, 2.24) is 0 Å². The topological polar surface area (TPSA) is 95.9 Å². The van der Waals surface area contributed by atoms with Crippen molar-refractivity contribution >= 4 is 45.4 Å². The van der Waals surface area contributed by atoms with E-state index in [1.165, 1.54) is 12.1 Å². The van der Waals surface area contributed by atoms with E-state index < -0.39 is 24.1 Å². The van der Waals surface area contributed by atoms with Gasteiger partial charge in [-0.1, -0.05) is 28.9 Å². The number of benzene rings is 2. The standard InChI is InChI=1S/C20H20BrNO5S/c1-12(3-10-18(24)25)19(16-11-13(21)4-9-17(16)23)27-20(26)22-14-5-7-15(28-2)8-6-14/h3-12,19,23H,1-2H3,(H,22,26)(H,24,25)/b10-3+/t12-,19-/m1/s1. The monoisotopic (exact) mass is 465 g/mol. The number of anilines is 1. The van der Waals surface area contributed by atoms with Crippen LogP contribution >= 0.6 is 27.7 Å². The number of ether oxygens (including phenoxy) is 1. The largest absolute Gasteiger partial charge is 0.508 e. The smallest absolute Gasteiger partial charge is 0.412 e. The second kappa shape index (κ2) is 10.2. The Hall–Kier alpha value is -2.45. The number of carbonyl (C=O) groups is 2. The highest BCUT2D eigenvalue weighted by atomic mass is 79.9. The van der Waals surface area contributed by atoms with Gasteiger partial charge in [-0.15, -0.1) is 11.8 Å². The fraction of sp³-hybridized carbons (Fsp3) is 0.200. The summed E-state index contributed by atoms with van der Waals surface area (Å²) in [5.74, 6) is -1.66. The summed E-state index contributed by atoms with van der Waals surface area (Å²) in [6.07, 6.45) is 2.75. The van der Waals surface area contributed by atoms with Crippen molar-refractivity contribution in [3.05, 3.63) is 64.7 Å². The predicted octanol–water partition coefficient (Wildman–Crippen LogP) is 5.44. The third-order valence-corrected chi connectivity index (χ3v) is 5.12. The molecule has 0 heterocycles. The van der Waals surface area contributed by atoms with Crippen LogP contribution in [-0.4, -0.2) is 28.5 Å². The van der Waals surface area contributed by atoms with Crippen LogP contribution in [-0.2, 0) is 9.53 Å². The van der Waals surface area contributed by atoms with E-state index in [4.69, 9.17) is 9.84 Å². The summed E-state index contributed by atoms with van der Waals surface area (Å²) in [6, 6.07) is 12.0. The van der Waals surface area contributed by atoms with Crippen LogP contribution in [0.1, 0.15) is 18.6 Å². The lowest BCUT2D eigenvalue weighted by atomic mass is 9.96. The van der Waals surface area contributed by atoms with Gasteiger partial charge in [-0.25, -0.2) is 9.59 Å². The number of carboxylic acids is 1. The Labute approximate surface area is 175 Å². The van der Waals surface area contributed by atoms with E-state index in [-0.39, 0.29) is 5.75 Å². The summed E-state index contributed by atoms with van der Waals surface area (Å²) < 4.78 is 6.24. The van der Waals surface area contributed by atoms with Gasteiger partial charge in [0, 0.05) is 32.6 Å². The molecule has 2 rings (SSSR count). The molecule has 1 amide bonds. The van der Waals surface area contributed by atoms with Gasteiger partial charge in [0.05, 0.1) is 0 Å². The van der Waals surface area contributed by atoms with Gasteiger partial charge < -0.3 is 14.9 Å². The first-order valence-electron chi connectivity index (χ1n) is 8.31. The van der Waals surface area contributed by atoms with E-state index in [0.717, 1.165) is 11.0 Å². The first-order valence-corrected chi connectivity index (χ1v) is 10.3. The van der Waals surface area contributed by atoms with Crippen LogP contribution in [0.5, 0.6) is 5.75 Å². The van der Waals surface area contributed by atoms with E-state index in [2.05, 4.69) is 21.2 Å². The summed E-state index contributed by atoms with van der Waals surface area (Å²) in [4.78, 5) is 24.3. The van der Waals surface area contributed by atoms with Crippen molar-refractivity contribution in [2.75, 3.05) is 11.6 Å². The van der Waals surface area contributed by atoms with Gasteiger partial charge in [0.1, 0.15) is 11.9 Å². The maximum absolute atomic E-state index is 12.4. The van der Waals surface area contributed by atoms with E-state index in [9.17, 15) is 14.7 Å². The number of halogens is 1. The predicted molar refractivity (Wildman–Crippen MR) is 113 cm³/mol. The van der Waals surface area contributed by atoms with Gasteiger partial charge in [-0.3, -0.25) is 5.32 Å². The van der Waals surface area contributed by atoms with Crippen molar-refractivity contribution in [3.8, 4) is 5.75 Å². The van der Waals surface area contributed by atoms with Crippen LogP contribution in [0.25, 0.3) is 0 Å². The zero-order valence-corrected chi connectivity index (χ0v) is 17.7. The first-order chi connectivity index (χ1) is 13.3. The zero-order valence-electron chi connectivity index (χ0n) is 15.3. The number of phenols is 1. The van der Waals surface area contributed by atoms with Crippen molar-refractivity contribution in [1.29, 1.82) is 0 Å². The van der Waals surface area contributed by atoms with Gasteiger partial charge in [0.25, 0.3) is 0 Å². The molecule has 28 heavy (non-hydrogen) atoms. The molecule has 0 aliphatic carbocycles. The molecular weight excluding hydrogens is 446 g/mol. The molecule has 0 bridgehead atoms. The maximum Gasteiger partial charge on any atom is 0.412 e. The molecular formula is C20H20BrNO5S. The average molecular weight is 466 g/mol. The molecule has 0 radical (unpaired) electrons. The Balaban J connectivity index is 2.23. The highest BCUT2D eigenvalue weighted by molar-refractivity contribution is 9.10. The summed E-state index contributed by atoms with van der Waals surface area (Å²) in [7, 11) is 0. The fourth-order valence-corrected chi connectivity index (χ4v) is 3.27. The van der Waals surface area contributed by atoms with Gasteiger partial charge in [0.15, 0.2) is 0 Å². The maximum atomic E-state index is 12.4. The number of rotatable bonds is 7. The van der Waals surface area contributed by atoms with E-state index in [0.29, 0.717) is 15.7 Å². The molecule has 0 saturated carbocycles. The molecule has 0 spiro atoms. The Kier molecular flexibility index (Phi) is 7.95. The zero-order chi connectivity index (χ0) is 20.7. The molecule has 2 atom stereocenters. The minimum Gasteiger partial charge on any atom is -0.508 e. The van der Waals surface area contributed by atoms with Crippen LogP contribution in [0, 0.1) is 5.92 Å². The van der Waals surface area contributed by atoms with Gasteiger partial charge >= 0.3 is 12.1 Å². The Morgan fingerprint density at radius 1 is 1.21 bits per heavy atom. The Bertz CT molecular complexity index is 869. The molecule has 0 aliphatic rings. The van der Waals surface area contributed by atoms with Crippen molar-refractivity contribution < 1.29 is 24.5 Å². The molecule has 6 nitrogen and oxygen atoms in total. The quantitative estimate of drug-likeness (QED) is 0.371. The fourth-order valence-electron chi connectivity index (χ4n) is 2.48. The average Bonchev–Trinajstić information content (AvgIpc) is 2.67. The minimum absolute atomic E-state index is 0.0547. The lowest BCUT2D eigenvalue weighted by Gasteiger charge is -2.23. The second-order valence-corrected chi connectivity index (χ2v) is 7.73. The number of nitrogens with one attached hydrogen (secondary N) is 1. The van der Waals surface area contributed by atoms with Gasteiger partial charge in [-0.2, -0.15) is 0 Å². The number of thioether (sulfide) groups is 1. The lowest BCUT2D eigenvalue weighted by Crippen LogP contribution is -2.21. The number of hydrogen-bond acceptors (Lipinski definition) is 5. The van der Waals surface area contributed by atoms with Crippen LogP contribution in [0.15, 0.2) is 64.0 Å². The minimum atomic E-state index is -1.11. The van der Waals surface area contributed by atoms with Crippen LogP contribution in [0.2, 0.25) is 0 Å². The third-order valence-electron chi connectivity index (χ3n) is 3.89. The molecule has 0 aliphatic heterocycles. The number of phenolic OH excluding ortho intramolecular Hbond substituents is 1. The lowest BCUT2D eigenvalue weighted by molar-refractivity contribution is -0.131. The van der Waals surface area contributed by atoms with Crippen LogP contribution in [0.3, 0.4) is 0 Å². The highest BCUT2D eigenvalue weighted by Crippen LogP contribution is 2.35. The molecule has 2 aromatic carbocycles. The van der Waals surface area contributed by atoms with E-state index >= 15 is 0 Å². The molecule has 0 aromatic heterocycles. The first kappa shape index (κ1) is 21.8. The van der Waals surface area contributed by atoms with E-state index in [1.807, 2.05) is 18.4 Å². The van der Waals surface area contributed by atoms with Gasteiger partial charge in [-0.05, 0) is 48.7 Å². The summed E-state index contributed by atoms with van der Waals surface area (Å²) in [5, 5.41) is 21.7. The molecule has 0 saturated heterocycles. The van der Waals surface area contributed by atoms with Crippen molar-refractivity contribution in [3.63, 3.8) is 0 Å². The highest BCUT2D eigenvalue weighted by Gasteiger charge is 2.25. The summed E-state index contributed by atoms with van der Waals surface area (Å²) in [6.45, 7) is 1.70. The van der Waals surface area contributed by atoms with Gasteiger partial charge in [0.2, 0.25) is 0 Å². The number of carbonyl (C=O) groups excluding carboxylic acids is 1. The molecule has 148 valence electrons. The normalized spacial score (nSPS) is 13.1. The number of carboxylic acid groups (broad SMARTS) is 1. The SMILES string of the molecule is CSc1ccc(NC(=O)O[C@@H](c2cc(Br)ccc2O)[C@H](C)/C=C/C(=O)O)cc1. The second-order valence-electron chi connectivity index (χ2n) is 5.94. The Morgan fingerprint density at radius 2 is 1.89 bits per heavy atom. The molecule has 8 heteroatoms. The Morgan fingerprint density at radius 3 is 2.50 bits per heavy atom. The van der Waals surface area contributed by atoms with Crippen molar-refractivity contribution in [2.45, 2.75) is 17.9 Å². The number of aliphatic carboxylic acids is 1. The molecule has 0 fully saturated rings. The number of hydrogen-bond donors (Lipinski definition) is 3. The molecule has 2 aromatic rings. The van der Waals surface area contributed by atoms with E-state index in [1.54, 1.807) is 43.0 Å². The third kappa shape index (κ3) is 6.31. The van der Waals surface area contributed by atoms with Crippen LogP contribution in [0.4, 0.5) is 10.5 Å².